The van der Waals surface area contributed by atoms with E-state index in [1.54, 1.807) is 0 Å². The van der Waals surface area contributed by atoms with Crippen LogP contribution >= 0.6 is 0 Å². The van der Waals surface area contributed by atoms with Gasteiger partial charge in [0.1, 0.15) is 0 Å². The second-order valence-electron chi connectivity index (χ2n) is 2.90. The zero-order valence-electron chi connectivity index (χ0n) is 6.86. The van der Waals surface area contributed by atoms with Crippen LogP contribution < -0.4 is 0 Å². The Morgan fingerprint density at radius 2 is 2.10 bits per heavy atom. The minimum Gasteiger partial charge on any atom is -0.252 e. The molecule has 0 aliphatic heterocycles. The van der Waals surface area contributed by atoms with Gasteiger partial charge >= 0.3 is 0 Å². The van der Waals surface area contributed by atoms with Crippen molar-refractivity contribution < 1.29 is 21.7 Å². The molecule has 0 aromatic heterocycles. The Kier molecular flexibility index (Phi) is 4.23. The van der Waals surface area contributed by atoms with Crippen LogP contribution in [-0.2, 0) is 21.7 Å². The van der Waals surface area contributed by atoms with E-state index in [2.05, 4.69) is 32.9 Å². The maximum atomic E-state index is 3.26. The van der Waals surface area contributed by atoms with Gasteiger partial charge in [-0.25, -0.2) is 11.1 Å². The maximum Gasteiger partial charge on any atom is 0 e. The first-order valence-corrected chi connectivity index (χ1v) is 3.49. The minimum absolute atomic E-state index is 0. The Morgan fingerprint density at radius 1 is 1.50 bits per heavy atom. The molecule has 1 aliphatic carbocycles. The van der Waals surface area contributed by atoms with Crippen LogP contribution in [0.1, 0.15) is 27.2 Å². The smallest absolute Gasteiger partial charge is 0 e. The second-order valence-corrected chi connectivity index (χ2v) is 2.90. The molecule has 0 bridgehead atoms. The molecule has 54 valence electrons. The molecule has 0 N–H and O–H groups in total. The monoisotopic (exact) mass is 169 g/mol. The fourth-order valence-corrected chi connectivity index (χ4v) is 1.21. The molecule has 0 aromatic carbocycles. The summed E-state index contributed by atoms with van der Waals surface area (Å²) in [6, 6.07) is 0. The Hall–Kier alpha value is 0.194. The predicted molar refractivity (Wildman–Crippen MR) is 40.0 cm³/mol. The first-order valence-electron chi connectivity index (χ1n) is 3.49. The molecule has 1 rings (SSSR count). The fraction of sp³-hybridized carbons (Fsp3) is 0.556. The van der Waals surface area contributed by atoms with Gasteiger partial charge in [0.2, 0.25) is 0 Å². The molecular formula is C9H13Ti-. The van der Waals surface area contributed by atoms with E-state index < -0.39 is 0 Å². The van der Waals surface area contributed by atoms with Crippen molar-refractivity contribution in [1.29, 1.82) is 0 Å². The largest absolute Gasteiger partial charge is 0.252 e. The van der Waals surface area contributed by atoms with E-state index in [9.17, 15) is 0 Å². The molecule has 0 nitrogen and oxygen atoms in total. The van der Waals surface area contributed by atoms with Gasteiger partial charge in [0.05, 0.1) is 0 Å². The standard InChI is InChI=1S/C9H13.Ti/c1-7(2)9-6-4-5-8(9)3;/h4,7H,5H2,1-3H3;/q-1;. The van der Waals surface area contributed by atoms with Crippen molar-refractivity contribution in [3.63, 3.8) is 0 Å². The van der Waals surface area contributed by atoms with Crippen LogP contribution in [0.4, 0.5) is 0 Å². The van der Waals surface area contributed by atoms with Crippen molar-refractivity contribution >= 4 is 0 Å². The van der Waals surface area contributed by atoms with E-state index in [4.69, 9.17) is 0 Å². The number of hydrogen-bond acceptors (Lipinski definition) is 0. The molecule has 0 saturated carbocycles. The summed E-state index contributed by atoms with van der Waals surface area (Å²) in [5.74, 6) is 0.656. The van der Waals surface area contributed by atoms with E-state index in [0.717, 1.165) is 6.42 Å². The summed E-state index contributed by atoms with van der Waals surface area (Å²) in [6.07, 6.45) is 6.49. The van der Waals surface area contributed by atoms with Gasteiger partial charge in [0.15, 0.2) is 0 Å². The van der Waals surface area contributed by atoms with E-state index in [0.29, 0.717) is 5.92 Å². The van der Waals surface area contributed by atoms with Crippen LogP contribution in [0.25, 0.3) is 0 Å². The Bertz CT molecular complexity index is 164. The van der Waals surface area contributed by atoms with Crippen LogP contribution in [0, 0.1) is 12.0 Å². The van der Waals surface area contributed by atoms with Crippen LogP contribution in [0.5, 0.6) is 0 Å². The van der Waals surface area contributed by atoms with Crippen LogP contribution in [0.2, 0.25) is 0 Å². The Labute approximate surface area is 78.3 Å². The zero-order valence-corrected chi connectivity index (χ0v) is 8.42. The van der Waals surface area contributed by atoms with Crippen molar-refractivity contribution in [3.8, 4) is 0 Å². The Balaban J connectivity index is 0.000000810. The van der Waals surface area contributed by atoms with Gasteiger partial charge in [-0.2, -0.15) is 6.08 Å². The molecule has 1 aliphatic rings. The number of allylic oxidation sites excluding steroid dienone is 4. The summed E-state index contributed by atoms with van der Waals surface area (Å²) in [7, 11) is 0. The molecule has 1 heteroatoms. The quantitative estimate of drug-likeness (QED) is 0.418. The summed E-state index contributed by atoms with van der Waals surface area (Å²) >= 11 is 0. The Morgan fingerprint density at radius 3 is 2.30 bits per heavy atom. The molecule has 0 aromatic rings. The molecular weight excluding hydrogens is 156 g/mol. The molecule has 0 saturated heterocycles. The molecule has 10 heavy (non-hydrogen) atoms. The van der Waals surface area contributed by atoms with Gasteiger partial charge in [-0.3, -0.25) is 6.08 Å². The molecule has 0 heterocycles. The first-order chi connectivity index (χ1) is 4.22. The number of rotatable bonds is 1. The molecule has 0 amide bonds. The van der Waals surface area contributed by atoms with Crippen LogP contribution in [0.3, 0.4) is 0 Å². The van der Waals surface area contributed by atoms with Gasteiger partial charge < -0.3 is 0 Å². The minimum atomic E-state index is 0. The second kappa shape index (κ2) is 4.15. The zero-order chi connectivity index (χ0) is 6.85. The number of hydrogen-bond donors (Lipinski definition) is 0. The van der Waals surface area contributed by atoms with Crippen molar-refractivity contribution in [2.24, 2.45) is 5.92 Å². The summed E-state index contributed by atoms with van der Waals surface area (Å²) in [4.78, 5) is 0. The molecule has 0 fully saturated rings. The van der Waals surface area contributed by atoms with Crippen molar-refractivity contribution in [1.82, 2.24) is 0 Å². The summed E-state index contributed by atoms with van der Waals surface area (Å²) in [6.45, 7) is 6.61. The topological polar surface area (TPSA) is 0 Å². The predicted octanol–water partition coefficient (Wildman–Crippen LogP) is 2.72. The summed E-state index contributed by atoms with van der Waals surface area (Å²) < 4.78 is 0. The van der Waals surface area contributed by atoms with E-state index in [-0.39, 0.29) is 21.7 Å². The molecule has 0 unspecified atom stereocenters. The maximum absolute atomic E-state index is 3.26. The van der Waals surface area contributed by atoms with E-state index in [1.165, 1.54) is 11.1 Å². The SMILES string of the molecule is CC1=C(C(C)C)[C-]=CC1.[Ti]. The first kappa shape index (κ1) is 10.2. The third kappa shape index (κ3) is 2.11. The molecule has 0 atom stereocenters. The van der Waals surface area contributed by atoms with Gasteiger partial charge in [-0.15, -0.1) is 6.92 Å². The average molecular weight is 169 g/mol. The van der Waals surface area contributed by atoms with Gasteiger partial charge in [0, 0.05) is 21.7 Å². The third-order valence-electron chi connectivity index (χ3n) is 1.70. The van der Waals surface area contributed by atoms with Gasteiger partial charge in [0.25, 0.3) is 0 Å². The van der Waals surface area contributed by atoms with Crippen molar-refractivity contribution in [2.45, 2.75) is 27.2 Å². The van der Waals surface area contributed by atoms with Crippen LogP contribution in [-0.4, -0.2) is 0 Å². The molecule has 0 radical (unpaired) electrons. The normalized spacial score (nSPS) is 16.4. The van der Waals surface area contributed by atoms with E-state index in [1.807, 2.05) is 0 Å². The fourth-order valence-electron chi connectivity index (χ4n) is 1.21. The average Bonchev–Trinajstić information content (AvgIpc) is 2.13. The van der Waals surface area contributed by atoms with E-state index >= 15 is 0 Å². The van der Waals surface area contributed by atoms with Gasteiger partial charge in [-0.1, -0.05) is 26.2 Å². The van der Waals surface area contributed by atoms with Crippen molar-refractivity contribution in [2.75, 3.05) is 0 Å². The van der Waals surface area contributed by atoms with Crippen LogP contribution in [0.15, 0.2) is 17.2 Å². The summed E-state index contributed by atoms with van der Waals surface area (Å²) in [5.41, 5.74) is 2.90. The third-order valence-corrected chi connectivity index (χ3v) is 1.70. The van der Waals surface area contributed by atoms with Crippen molar-refractivity contribution in [3.05, 3.63) is 23.3 Å². The molecule has 0 spiro atoms. The van der Waals surface area contributed by atoms with Gasteiger partial charge in [-0.05, 0) is 0 Å². The summed E-state index contributed by atoms with van der Waals surface area (Å²) in [5, 5.41) is 0.